The van der Waals surface area contributed by atoms with E-state index < -0.39 is 0 Å². The lowest BCUT2D eigenvalue weighted by atomic mass is 10.1. The Hall–Kier alpha value is -2.66. The van der Waals surface area contributed by atoms with E-state index in [0.717, 1.165) is 5.56 Å². The van der Waals surface area contributed by atoms with Gasteiger partial charge in [-0.05, 0) is 48.9 Å². The van der Waals surface area contributed by atoms with Crippen LogP contribution in [0, 0.1) is 12.7 Å². The van der Waals surface area contributed by atoms with E-state index in [-0.39, 0.29) is 11.7 Å². The first kappa shape index (κ1) is 15.2. The number of halogens is 2. The minimum atomic E-state index is -0.341. The molecule has 1 amide bonds. The van der Waals surface area contributed by atoms with E-state index >= 15 is 0 Å². The molecule has 0 atom stereocenters. The fraction of sp³-hybridized carbons (Fsp3) is 0.0588. The van der Waals surface area contributed by atoms with Gasteiger partial charge in [-0.15, -0.1) is 0 Å². The summed E-state index contributed by atoms with van der Waals surface area (Å²) in [4.78, 5) is 12.3. The molecule has 1 heterocycles. The first-order chi connectivity index (χ1) is 11.0. The highest BCUT2D eigenvalue weighted by Crippen LogP contribution is 2.21. The zero-order valence-corrected chi connectivity index (χ0v) is 13.0. The summed E-state index contributed by atoms with van der Waals surface area (Å²) in [6.07, 6.45) is 0. The van der Waals surface area contributed by atoms with Gasteiger partial charge in [-0.1, -0.05) is 23.7 Å². The fourth-order valence-electron chi connectivity index (χ4n) is 2.16. The summed E-state index contributed by atoms with van der Waals surface area (Å²) < 4.78 is 13.1. The van der Waals surface area contributed by atoms with Crippen LogP contribution in [0.15, 0.2) is 48.5 Å². The number of carbonyl (C=O) groups excluding carboxylic acids is 1. The number of aryl methyl sites for hydroxylation is 1. The number of aromatic nitrogens is 2. The van der Waals surface area contributed by atoms with Crippen molar-refractivity contribution in [2.24, 2.45) is 0 Å². The summed E-state index contributed by atoms with van der Waals surface area (Å²) in [5.74, 6) is -0.681. The SMILES string of the molecule is Cc1cc(F)ccc1NC(=O)c1cc(-c2ccc(Cl)cc2)n[nH]1. The van der Waals surface area contributed by atoms with Crippen LogP contribution in [0.5, 0.6) is 0 Å². The predicted octanol–water partition coefficient (Wildman–Crippen LogP) is 4.43. The number of rotatable bonds is 3. The van der Waals surface area contributed by atoms with Crippen molar-refractivity contribution in [1.29, 1.82) is 0 Å². The number of benzene rings is 2. The first-order valence-corrected chi connectivity index (χ1v) is 7.29. The van der Waals surface area contributed by atoms with Crippen molar-refractivity contribution in [3.05, 3.63) is 70.6 Å². The Labute approximate surface area is 137 Å². The molecule has 3 aromatic rings. The molecule has 4 nitrogen and oxygen atoms in total. The molecule has 1 aromatic heterocycles. The van der Waals surface area contributed by atoms with Gasteiger partial charge in [-0.2, -0.15) is 5.10 Å². The van der Waals surface area contributed by atoms with E-state index in [9.17, 15) is 9.18 Å². The number of hydrogen-bond donors (Lipinski definition) is 2. The monoisotopic (exact) mass is 329 g/mol. The lowest BCUT2D eigenvalue weighted by Gasteiger charge is -2.06. The molecule has 0 fully saturated rings. The summed E-state index contributed by atoms with van der Waals surface area (Å²) in [6, 6.07) is 13.0. The Morgan fingerprint density at radius 2 is 1.91 bits per heavy atom. The second-order valence-corrected chi connectivity index (χ2v) is 5.52. The molecular weight excluding hydrogens is 317 g/mol. The number of nitrogens with zero attached hydrogens (tertiary/aromatic N) is 1. The van der Waals surface area contributed by atoms with Gasteiger partial charge in [0.25, 0.3) is 5.91 Å². The van der Waals surface area contributed by atoms with Crippen molar-refractivity contribution in [3.8, 4) is 11.3 Å². The number of anilines is 1. The predicted molar refractivity (Wildman–Crippen MR) is 88.1 cm³/mol. The van der Waals surface area contributed by atoms with E-state index in [1.165, 1.54) is 18.2 Å². The molecule has 2 aromatic carbocycles. The Morgan fingerprint density at radius 1 is 1.17 bits per heavy atom. The maximum absolute atomic E-state index is 13.1. The zero-order valence-electron chi connectivity index (χ0n) is 12.2. The highest BCUT2D eigenvalue weighted by molar-refractivity contribution is 6.30. The molecule has 0 bridgehead atoms. The van der Waals surface area contributed by atoms with Crippen LogP contribution >= 0.6 is 11.6 Å². The average molecular weight is 330 g/mol. The molecule has 0 unspecified atom stereocenters. The van der Waals surface area contributed by atoms with E-state index in [0.29, 0.717) is 27.7 Å². The maximum Gasteiger partial charge on any atom is 0.273 e. The molecule has 3 rings (SSSR count). The van der Waals surface area contributed by atoms with Crippen LogP contribution in [0.4, 0.5) is 10.1 Å². The van der Waals surface area contributed by atoms with E-state index in [1.807, 2.05) is 12.1 Å². The van der Waals surface area contributed by atoms with Crippen LogP contribution in [0.25, 0.3) is 11.3 Å². The van der Waals surface area contributed by atoms with Crippen molar-refractivity contribution in [2.75, 3.05) is 5.32 Å². The van der Waals surface area contributed by atoms with Crippen molar-refractivity contribution in [2.45, 2.75) is 6.92 Å². The highest BCUT2D eigenvalue weighted by Gasteiger charge is 2.12. The molecule has 116 valence electrons. The van der Waals surface area contributed by atoms with Crippen molar-refractivity contribution in [1.82, 2.24) is 10.2 Å². The van der Waals surface area contributed by atoms with Gasteiger partial charge >= 0.3 is 0 Å². The molecule has 0 saturated carbocycles. The number of aromatic amines is 1. The molecule has 0 saturated heterocycles. The van der Waals surface area contributed by atoms with Gasteiger partial charge in [-0.3, -0.25) is 9.89 Å². The molecule has 0 radical (unpaired) electrons. The van der Waals surface area contributed by atoms with Crippen LogP contribution in [0.2, 0.25) is 5.02 Å². The summed E-state index contributed by atoms with van der Waals surface area (Å²) in [5, 5.41) is 10.2. The number of amides is 1. The standard InChI is InChI=1S/C17H13ClFN3O/c1-10-8-13(19)6-7-14(10)20-17(23)16-9-15(21-22-16)11-2-4-12(18)5-3-11/h2-9H,1H3,(H,20,23)(H,21,22). The van der Waals surface area contributed by atoms with Gasteiger partial charge in [0.05, 0.1) is 5.69 Å². The lowest BCUT2D eigenvalue weighted by Crippen LogP contribution is -2.13. The fourth-order valence-corrected chi connectivity index (χ4v) is 2.29. The molecule has 0 aliphatic rings. The second kappa shape index (κ2) is 6.22. The Balaban J connectivity index is 1.79. The molecule has 0 spiro atoms. The van der Waals surface area contributed by atoms with Gasteiger partial charge in [0.2, 0.25) is 0 Å². The van der Waals surface area contributed by atoms with Gasteiger partial charge in [0.1, 0.15) is 11.5 Å². The van der Waals surface area contributed by atoms with E-state index in [2.05, 4.69) is 15.5 Å². The van der Waals surface area contributed by atoms with Crippen molar-refractivity contribution in [3.63, 3.8) is 0 Å². The van der Waals surface area contributed by atoms with E-state index in [1.54, 1.807) is 25.1 Å². The van der Waals surface area contributed by atoms with Gasteiger partial charge in [0.15, 0.2) is 0 Å². The summed E-state index contributed by atoms with van der Waals surface area (Å²) in [5.41, 5.74) is 3.01. The quantitative estimate of drug-likeness (QED) is 0.746. The van der Waals surface area contributed by atoms with Gasteiger partial charge in [-0.25, -0.2) is 4.39 Å². The van der Waals surface area contributed by atoms with Crippen LogP contribution in [0.1, 0.15) is 16.1 Å². The third-order valence-corrected chi connectivity index (χ3v) is 3.65. The summed E-state index contributed by atoms with van der Waals surface area (Å²) >= 11 is 5.85. The highest BCUT2D eigenvalue weighted by atomic mass is 35.5. The molecule has 0 aliphatic carbocycles. The van der Waals surface area contributed by atoms with Crippen LogP contribution in [-0.2, 0) is 0 Å². The molecule has 6 heteroatoms. The minimum Gasteiger partial charge on any atom is -0.320 e. The van der Waals surface area contributed by atoms with Gasteiger partial charge in [0, 0.05) is 16.3 Å². The Bertz CT molecular complexity index is 859. The largest absolute Gasteiger partial charge is 0.320 e. The second-order valence-electron chi connectivity index (χ2n) is 5.09. The Kier molecular flexibility index (Phi) is 4.12. The first-order valence-electron chi connectivity index (χ1n) is 6.92. The average Bonchev–Trinajstić information content (AvgIpc) is 3.01. The zero-order chi connectivity index (χ0) is 16.4. The third kappa shape index (κ3) is 3.40. The van der Waals surface area contributed by atoms with Gasteiger partial charge < -0.3 is 5.32 Å². The maximum atomic E-state index is 13.1. The lowest BCUT2D eigenvalue weighted by molar-refractivity contribution is 0.102. The van der Waals surface area contributed by atoms with Crippen LogP contribution in [0.3, 0.4) is 0 Å². The molecule has 2 N–H and O–H groups in total. The van der Waals surface area contributed by atoms with E-state index in [4.69, 9.17) is 11.6 Å². The van der Waals surface area contributed by atoms with Crippen LogP contribution < -0.4 is 5.32 Å². The van der Waals surface area contributed by atoms with Crippen LogP contribution in [-0.4, -0.2) is 16.1 Å². The van der Waals surface area contributed by atoms with Crippen molar-refractivity contribution < 1.29 is 9.18 Å². The molecule has 23 heavy (non-hydrogen) atoms. The third-order valence-electron chi connectivity index (χ3n) is 3.40. The number of H-pyrrole nitrogens is 1. The van der Waals surface area contributed by atoms with Crippen molar-refractivity contribution >= 4 is 23.2 Å². The number of hydrogen-bond acceptors (Lipinski definition) is 2. The summed E-state index contributed by atoms with van der Waals surface area (Å²) in [7, 11) is 0. The smallest absolute Gasteiger partial charge is 0.273 e. The number of nitrogens with one attached hydrogen (secondary N) is 2. The molecule has 0 aliphatic heterocycles. The minimum absolute atomic E-state index is 0.318. The topological polar surface area (TPSA) is 57.8 Å². The molecular formula is C17H13ClFN3O. The Morgan fingerprint density at radius 3 is 2.61 bits per heavy atom. The normalized spacial score (nSPS) is 10.6. The number of carbonyl (C=O) groups is 1. The summed E-state index contributed by atoms with van der Waals surface area (Å²) in [6.45, 7) is 1.73.